The number of nitrogens with zero attached hydrogens (tertiary/aromatic N) is 3. The Morgan fingerprint density at radius 3 is 3.06 bits per heavy atom. The molecular weight excluding hydrogens is 206 g/mol. The van der Waals surface area contributed by atoms with Gasteiger partial charge in [0.1, 0.15) is 5.82 Å². The Morgan fingerprint density at radius 1 is 1.62 bits per heavy atom. The summed E-state index contributed by atoms with van der Waals surface area (Å²) in [6.45, 7) is 3.05. The predicted octanol–water partition coefficient (Wildman–Crippen LogP) is 0.0665. The summed E-state index contributed by atoms with van der Waals surface area (Å²) in [5, 5.41) is 6.57. The molecule has 2 heterocycles. The van der Waals surface area contributed by atoms with Gasteiger partial charge in [-0.25, -0.2) is 4.98 Å². The second-order valence-corrected chi connectivity index (χ2v) is 4.13. The van der Waals surface area contributed by atoms with Gasteiger partial charge in [-0.15, -0.1) is 5.10 Å². The average molecular weight is 223 g/mol. The maximum absolute atomic E-state index is 12.1. The maximum Gasteiger partial charge on any atom is 0.293 e. The number of amides is 1. The van der Waals surface area contributed by atoms with Gasteiger partial charge >= 0.3 is 0 Å². The minimum atomic E-state index is -0.112. The van der Waals surface area contributed by atoms with Crippen molar-refractivity contribution < 1.29 is 4.79 Å². The van der Waals surface area contributed by atoms with Crippen LogP contribution < -0.4 is 5.73 Å². The van der Waals surface area contributed by atoms with Crippen LogP contribution in [0.15, 0.2) is 0 Å². The minimum absolute atomic E-state index is 0.112. The van der Waals surface area contributed by atoms with Crippen molar-refractivity contribution in [1.82, 2.24) is 20.1 Å². The molecule has 0 aliphatic carbocycles. The van der Waals surface area contributed by atoms with E-state index in [0.717, 1.165) is 25.8 Å². The highest BCUT2D eigenvalue weighted by Gasteiger charge is 2.28. The number of piperidine rings is 1. The smallest absolute Gasteiger partial charge is 0.293 e. The lowest BCUT2D eigenvalue weighted by molar-refractivity contribution is 0.0611. The summed E-state index contributed by atoms with van der Waals surface area (Å²) < 4.78 is 0. The van der Waals surface area contributed by atoms with E-state index in [0.29, 0.717) is 12.4 Å². The van der Waals surface area contributed by atoms with Crippen LogP contribution in [-0.2, 0) is 0 Å². The van der Waals surface area contributed by atoms with Gasteiger partial charge in [0, 0.05) is 19.1 Å². The van der Waals surface area contributed by atoms with E-state index in [1.807, 2.05) is 0 Å². The molecule has 1 aromatic heterocycles. The van der Waals surface area contributed by atoms with Crippen molar-refractivity contribution in [3.63, 3.8) is 0 Å². The first-order valence-electron chi connectivity index (χ1n) is 5.62. The first kappa shape index (κ1) is 11.1. The third-order valence-electron chi connectivity index (χ3n) is 2.95. The zero-order valence-electron chi connectivity index (χ0n) is 9.44. The number of nitrogens with two attached hydrogens (primary N) is 1. The molecular formula is C10H17N5O. The Hall–Kier alpha value is -1.43. The van der Waals surface area contributed by atoms with E-state index in [-0.39, 0.29) is 17.8 Å². The molecule has 0 spiro atoms. The van der Waals surface area contributed by atoms with Crippen molar-refractivity contribution in [3.05, 3.63) is 11.6 Å². The van der Waals surface area contributed by atoms with Crippen LogP contribution in [0.5, 0.6) is 0 Å². The molecule has 1 fully saturated rings. The summed E-state index contributed by atoms with van der Waals surface area (Å²) >= 11 is 0. The van der Waals surface area contributed by atoms with Gasteiger partial charge in [0.2, 0.25) is 5.82 Å². The van der Waals surface area contributed by atoms with E-state index in [9.17, 15) is 4.79 Å². The number of hydrogen-bond acceptors (Lipinski definition) is 4. The fourth-order valence-corrected chi connectivity index (χ4v) is 2.08. The topological polar surface area (TPSA) is 87.9 Å². The third-order valence-corrected chi connectivity index (χ3v) is 2.95. The second-order valence-electron chi connectivity index (χ2n) is 4.13. The van der Waals surface area contributed by atoms with Crippen LogP contribution in [0.2, 0.25) is 0 Å². The van der Waals surface area contributed by atoms with E-state index in [1.54, 1.807) is 11.8 Å². The van der Waals surface area contributed by atoms with Crippen LogP contribution in [0.1, 0.15) is 35.7 Å². The number of H-pyrrole nitrogens is 1. The molecule has 0 bridgehead atoms. The Morgan fingerprint density at radius 2 is 2.44 bits per heavy atom. The van der Waals surface area contributed by atoms with E-state index in [2.05, 4.69) is 15.2 Å². The molecule has 16 heavy (non-hydrogen) atoms. The highest BCUT2D eigenvalue weighted by atomic mass is 16.2. The molecule has 2 rings (SSSR count). The van der Waals surface area contributed by atoms with E-state index >= 15 is 0 Å². The number of hydrogen-bond donors (Lipinski definition) is 2. The zero-order valence-corrected chi connectivity index (χ0v) is 9.44. The van der Waals surface area contributed by atoms with E-state index in [4.69, 9.17) is 5.73 Å². The minimum Gasteiger partial charge on any atom is -0.332 e. The number of nitrogens with one attached hydrogen (secondary N) is 1. The molecule has 1 saturated heterocycles. The fraction of sp³-hybridized carbons (Fsp3) is 0.700. The van der Waals surface area contributed by atoms with Gasteiger partial charge in [-0.05, 0) is 26.2 Å². The zero-order chi connectivity index (χ0) is 11.5. The largest absolute Gasteiger partial charge is 0.332 e. The molecule has 3 N–H and O–H groups in total. The van der Waals surface area contributed by atoms with Crippen LogP contribution in [0, 0.1) is 6.92 Å². The van der Waals surface area contributed by atoms with Crippen LogP contribution >= 0.6 is 0 Å². The molecule has 0 radical (unpaired) electrons. The summed E-state index contributed by atoms with van der Waals surface area (Å²) in [6.07, 6.45) is 3.15. The lowest BCUT2D eigenvalue weighted by atomic mass is 10.0. The molecule has 1 unspecified atom stereocenters. The Bertz CT molecular complexity index is 375. The first-order valence-corrected chi connectivity index (χ1v) is 5.62. The number of carbonyl (C=O) groups excluding carboxylic acids is 1. The molecule has 1 aromatic rings. The van der Waals surface area contributed by atoms with Gasteiger partial charge in [0.15, 0.2) is 0 Å². The quantitative estimate of drug-likeness (QED) is 0.742. The molecule has 1 aliphatic rings. The molecule has 88 valence electrons. The summed E-state index contributed by atoms with van der Waals surface area (Å²) in [4.78, 5) is 18.0. The molecule has 6 heteroatoms. The predicted molar refractivity (Wildman–Crippen MR) is 58.8 cm³/mol. The number of rotatable bonds is 2. The Kier molecular flexibility index (Phi) is 3.19. The lowest BCUT2D eigenvalue weighted by Crippen LogP contribution is -2.47. The van der Waals surface area contributed by atoms with E-state index < -0.39 is 0 Å². The van der Waals surface area contributed by atoms with Gasteiger partial charge in [-0.1, -0.05) is 0 Å². The standard InChI is InChI=1S/C10H17N5O/c1-7-12-9(14-13-7)10(16)15-5-3-2-4-8(15)6-11/h8H,2-6,11H2,1H3,(H,12,13,14). The second kappa shape index (κ2) is 4.61. The molecule has 6 nitrogen and oxygen atoms in total. The molecule has 0 saturated carbocycles. The summed E-state index contributed by atoms with van der Waals surface area (Å²) in [7, 11) is 0. The van der Waals surface area contributed by atoms with Crippen molar-refractivity contribution in [1.29, 1.82) is 0 Å². The van der Waals surface area contributed by atoms with Crippen molar-refractivity contribution in [3.8, 4) is 0 Å². The Balaban J connectivity index is 2.13. The van der Waals surface area contributed by atoms with Gasteiger partial charge in [-0.2, -0.15) is 0 Å². The van der Waals surface area contributed by atoms with Crippen LogP contribution in [0.3, 0.4) is 0 Å². The van der Waals surface area contributed by atoms with Crippen molar-refractivity contribution in [2.75, 3.05) is 13.1 Å². The molecule has 1 aliphatic heterocycles. The van der Waals surface area contributed by atoms with Gasteiger partial charge in [-0.3, -0.25) is 9.89 Å². The first-order chi connectivity index (χ1) is 7.72. The lowest BCUT2D eigenvalue weighted by Gasteiger charge is -2.34. The summed E-state index contributed by atoms with van der Waals surface area (Å²) in [5.41, 5.74) is 5.67. The third kappa shape index (κ3) is 2.06. The highest BCUT2D eigenvalue weighted by molar-refractivity contribution is 5.90. The average Bonchev–Trinajstić information content (AvgIpc) is 2.75. The number of aromatic amines is 1. The Labute approximate surface area is 94.2 Å². The number of carbonyl (C=O) groups is 1. The number of aryl methyl sites for hydroxylation is 1. The number of aromatic nitrogens is 3. The van der Waals surface area contributed by atoms with Gasteiger partial charge in [0.05, 0.1) is 0 Å². The number of likely N-dealkylation sites (tertiary alicyclic amines) is 1. The SMILES string of the molecule is Cc1nc(C(=O)N2CCCCC2CN)n[nH]1. The van der Waals surface area contributed by atoms with Crippen molar-refractivity contribution in [2.24, 2.45) is 5.73 Å². The van der Waals surface area contributed by atoms with Crippen molar-refractivity contribution >= 4 is 5.91 Å². The van der Waals surface area contributed by atoms with Crippen LogP contribution in [0.25, 0.3) is 0 Å². The summed E-state index contributed by atoms with van der Waals surface area (Å²) in [5.74, 6) is 0.794. The van der Waals surface area contributed by atoms with Crippen LogP contribution in [0.4, 0.5) is 0 Å². The molecule has 0 aromatic carbocycles. The molecule has 1 amide bonds. The monoisotopic (exact) mass is 223 g/mol. The normalized spacial score (nSPS) is 21.1. The fourth-order valence-electron chi connectivity index (χ4n) is 2.08. The molecule has 1 atom stereocenters. The van der Waals surface area contributed by atoms with Crippen LogP contribution in [-0.4, -0.2) is 45.1 Å². The van der Waals surface area contributed by atoms with Gasteiger partial charge < -0.3 is 10.6 Å². The highest BCUT2D eigenvalue weighted by Crippen LogP contribution is 2.17. The summed E-state index contributed by atoms with van der Waals surface area (Å²) in [6, 6.07) is 0.139. The van der Waals surface area contributed by atoms with Crippen molar-refractivity contribution in [2.45, 2.75) is 32.2 Å². The maximum atomic E-state index is 12.1. The van der Waals surface area contributed by atoms with Gasteiger partial charge in [0.25, 0.3) is 5.91 Å². The van der Waals surface area contributed by atoms with E-state index in [1.165, 1.54) is 0 Å².